The Morgan fingerprint density at radius 3 is 2.60 bits per heavy atom. The first kappa shape index (κ1) is 16.7. The Kier molecular flexibility index (Phi) is 6.22. The normalized spacial score (nSPS) is 11.6. The lowest BCUT2D eigenvalue weighted by molar-refractivity contribution is -0.385. The first-order chi connectivity index (χ1) is 9.31. The van der Waals surface area contributed by atoms with Gasteiger partial charge in [0.2, 0.25) is 0 Å². The summed E-state index contributed by atoms with van der Waals surface area (Å²) in [5.41, 5.74) is 0.246. The summed E-state index contributed by atoms with van der Waals surface area (Å²) in [6, 6.07) is 4.36. The summed E-state index contributed by atoms with van der Waals surface area (Å²) in [7, 11) is 0. The highest BCUT2D eigenvalue weighted by Crippen LogP contribution is 2.26. The van der Waals surface area contributed by atoms with Crippen LogP contribution in [0.3, 0.4) is 0 Å². The van der Waals surface area contributed by atoms with Crippen molar-refractivity contribution in [3.8, 4) is 0 Å². The molecule has 0 radical (unpaired) electrons. The molecule has 1 aromatic carbocycles. The number of benzene rings is 1. The molecule has 1 rings (SSSR count). The third kappa shape index (κ3) is 5.75. The zero-order chi connectivity index (χ0) is 15.2. The Morgan fingerprint density at radius 1 is 1.30 bits per heavy atom. The number of nitrogens with one attached hydrogen (secondary N) is 1. The van der Waals surface area contributed by atoms with E-state index in [1.807, 2.05) is 0 Å². The van der Waals surface area contributed by atoms with Gasteiger partial charge in [0.25, 0.3) is 5.69 Å². The summed E-state index contributed by atoms with van der Waals surface area (Å²) in [4.78, 5) is 10.3. The second-order valence-electron chi connectivity index (χ2n) is 4.24. The molecular weight excluding hydrogens is 297 g/mol. The number of hydrogen-bond acceptors (Lipinski definition) is 3. The van der Waals surface area contributed by atoms with Crippen LogP contribution in [0.2, 0.25) is 5.02 Å². The molecule has 0 aliphatic heterocycles. The lowest BCUT2D eigenvalue weighted by Crippen LogP contribution is -2.17. The molecule has 0 aliphatic carbocycles. The molecule has 0 amide bonds. The fourth-order valence-corrected chi connectivity index (χ4v) is 1.92. The maximum Gasteiger partial charge on any atom is 0.389 e. The van der Waals surface area contributed by atoms with Gasteiger partial charge in [0.1, 0.15) is 0 Å². The van der Waals surface area contributed by atoms with Crippen LogP contribution in [-0.2, 0) is 6.54 Å². The third-order valence-electron chi connectivity index (χ3n) is 2.66. The molecule has 0 saturated heterocycles. The fraction of sp³-hybridized carbons (Fsp3) is 0.500. The molecule has 0 aromatic heterocycles. The minimum Gasteiger partial charge on any atom is -0.312 e. The number of rotatable bonds is 7. The van der Waals surface area contributed by atoms with Crippen molar-refractivity contribution in [2.45, 2.75) is 32.0 Å². The van der Waals surface area contributed by atoms with Gasteiger partial charge in [-0.15, -0.1) is 0 Å². The fourth-order valence-electron chi connectivity index (χ4n) is 1.68. The quantitative estimate of drug-likeness (QED) is 0.469. The molecule has 0 fully saturated rings. The van der Waals surface area contributed by atoms with Crippen LogP contribution in [0.5, 0.6) is 0 Å². The average molecular weight is 311 g/mol. The molecule has 0 bridgehead atoms. The lowest BCUT2D eigenvalue weighted by Gasteiger charge is -2.08. The molecular formula is C12H14ClF3N2O2. The van der Waals surface area contributed by atoms with Crippen molar-refractivity contribution in [3.63, 3.8) is 0 Å². The monoisotopic (exact) mass is 310 g/mol. The van der Waals surface area contributed by atoms with Gasteiger partial charge < -0.3 is 5.32 Å². The van der Waals surface area contributed by atoms with Crippen LogP contribution in [0.15, 0.2) is 18.2 Å². The van der Waals surface area contributed by atoms with E-state index in [0.717, 1.165) is 0 Å². The number of nitro groups is 1. The SMILES string of the molecule is O=[N+]([O-])c1cccc(Cl)c1CNCCCCC(F)(F)F. The zero-order valence-electron chi connectivity index (χ0n) is 10.5. The highest BCUT2D eigenvalue weighted by molar-refractivity contribution is 6.31. The van der Waals surface area contributed by atoms with Gasteiger partial charge in [-0.25, -0.2) is 0 Å². The number of halogens is 4. The van der Waals surface area contributed by atoms with Gasteiger partial charge in [-0.1, -0.05) is 17.7 Å². The summed E-state index contributed by atoms with van der Waals surface area (Å²) in [6.45, 7) is 0.500. The second kappa shape index (κ2) is 7.44. The molecule has 0 unspecified atom stereocenters. The summed E-state index contributed by atoms with van der Waals surface area (Å²) in [5, 5.41) is 13.9. The van der Waals surface area contributed by atoms with Gasteiger partial charge in [-0.05, 0) is 25.5 Å². The Bertz CT molecular complexity index is 467. The van der Waals surface area contributed by atoms with Crippen LogP contribution in [0.1, 0.15) is 24.8 Å². The number of unbranched alkanes of at least 4 members (excludes halogenated alkanes) is 1. The molecule has 1 aromatic rings. The van der Waals surface area contributed by atoms with Gasteiger partial charge >= 0.3 is 6.18 Å². The van der Waals surface area contributed by atoms with Crippen LogP contribution >= 0.6 is 11.6 Å². The molecule has 1 N–H and O–H groups in total. The minimum atomic E-state index is -4.14. The van der Waals surface area contributed by atoms with Crippen molar-refractivity contribution < 1.29 is 18.1 Å². The Labute approximate surface area is 119 Å². The zero-order valence-corrected chi connectivity index (χ0v) is 11.3. The number of hydrogen-bond donors (Lipinski definition) is 1. The van der Waals surface area contributed by atoms with E-state index in [4.69, 9.17) is 11.6 Å². The average Bonchev–Trinajstić information content (AvgIpc) is 2.33. The van der Waals surface area contributed by atoms with Crippen LogP contribution < -0.4 is 5.32 Å². The number of nitro benzene ring substituents is 1. The maximum atomic E-state index is 11.9. The topological polar surface area (TPSA) is 55.2 Å². The first-order valence-corrected chi connectivity index (χ1v) is 6.38. The third-order valence-corrected chi connectivity index (χ3v) is 3.01. The lowest BCUT2D eigenvalue weighted by atomic mass is 10.1. The summed E-state index contributed by atoms with van der Waals surface area (Å²) >= 11 is 5.88. The Balaban J connectivity index is 2.41. The van der Waals surface area contributed by atoms with Crippen molar-refractivity contribution in [2.24, 2.45) is 0 Å². The van der Waals surface area contributed by atoms with Gasteiger partial charge in [0.05, 0.1) is 15.5 Å². The van der Waals surface area contributed by atoms with Gasteiger partial charge in [0, 0.05) is 19.0 Å². The van der Waals surface area contributed by atoms with Crippen molar-refractivity contribution in [3.05, 3.63) is 38.9 Å². The van der Waals surface area contributed by atoms with Crippen molar-refractivity contribution >= 4 is 17.3 Å². The van der Waals surface area contributed by atoms with Crippen LogP contribution in [0.4, 0.5) is 18.9 Å². The molecule has 20 heavy (non-hydrogen) atoms. The van der Waals surface area contributed by atoms with Crippen LogP contribution in [0, 0.1) is 10.1 Å². The van der Waals surface area contributed by atoms with Crippen LogP contribution in [0.25, 0.3) is 0 Å². The largest absolute Gasteiger partial charge is 0.389 e. The molecule has 0 aliphatic rings. The molecule has 4 nitrogen and oxygen atoms in total. The molecule has 0 spiro atoms. The highest BCUT2D eigenvalue weighted by Gasteiger charge is 2.25. The van der Waals surface area contributed by atoms with Crippen molar-refractivity contribution in [1.82, 2.24) is 5.32 Å². The van der Waals surface area contributed by atoms with Crippen LogP contribution in [-0.4, -0.2) is 17.6 Å². The number of alkyl halides is 3. The summed E-state index contributed by atoms with van der Waals surface area (Å²) in [6.07, 6.45) is -4.58. The van der Waals surface area contributed by atoms with E-state index in [1.165, 1.54) is 18.2 Å². The highest BCUT2D eigenvalue weighted by atomic mass is 35.5. The first-order valence-electron chi connectivity index (χ1n) is 6.00. The van der Waals surface area contributed by atoms with Crippen molar-refractivity contribution in [1.29, 1.82) is 0 Å². The van der Waals surface area contributed by atoms with E-state index in [2.05, 4.69) is 5.32 Å². The minimum absolute atomic E-state index is 0.0289. The molecule has 0 saturated carbocycles. The van der Waals surface area contributed by atoms with E-state index < -0.39 is 17.5 Å². The predicted molar refractivity (Wildman–Crippen MR) is 69.7 cm³/mol. The van der Waals surface area contributed by atoms with E-state index in [0.29, 0.717) is 18.5 Å². The Hall–Kier alpha value is -1.34. The summed E-state index contributed by atoms with van der Waals surface area (Å²) in [5.74, 6) is 0. The van der Waals surface area contributed by atoms with E-state index in [9.17, 15) is 23.3 Å². The molecule has 8 heteroatoms. The molecule has 0 heterocycles. The van der Waals surface area contributed by atoms with E-state index >= 15 is 0 Å². The second-order valence-corrected chi connectivity index (χ2v) is 4.65. The number of nitrogens with zero attached hydrogens (tertiary/aromatic N) is 1. The molecule has 0 atom stereocenters. The predicted octanol–water partition coefficient (Wildman–Crippen LogP) is 4.07. The standard InChI is InChI=1S/C12H14ClF3N2O2/c13-10-4-3-5-11(18(19)20)9(10)8-17-7-2-1-6-12(14,15)16/h3-5,17H,1-2,6-8H2. The van der Waals surface area contributed by atoms with E-state index in [1.54, 1.807) is 0 Å². The molecule has 112 valence electrons. The van der Waals surface area contributed by atoms with E-state index in [-0.39, 0.29) is 23.7 Å². The van der Waals surface area contributed by atoms with Gasteiger partial charge in [-0.3, -0.25) is 10.1 Å². The smallest absolute Gasteiger partial charge is 0.312 e. The van der Waals surface area contributed by atoms with Crippen molar-refractivity contribution in [2.75, 3.05) is 6.54 Å². The van der Waals surface area contributed by atoms with Gasteiger partial charge in [0.15, 0.2) is 0 Å². The van der Waals surface area contributed by atoms with Gasteiger partial charge in [-0.2, -0.15) is 13.2 Å². The Morgan fingerprint density at radius 2 is 2.00 bits per heavy atom. The maximum absolute atomic E-state index is 11.9. The summed E-state index contributed by atoms with van der Waals surface area (Å²) < 4.78 is 35.7.